The van der Waals surface area contributed by atoms with Crippen molar-refractivity contribution >= 4 is 29.7 Å². The van der Waals surface area contributed by atoms with Crippen LogP contribution in [-0.4, -0.2) is 35.5 Å². The van der Waals surface area contributed by atoms with Gasteiger partial charge in [-0.05, 0) is 39.3 Å². The number of anilines is 1. The Balaban J connectivity index is 0.00000264. The van der Waals surface area contributed by atoms with Gasteiger partial charge < -0.3 is 20.6 Å². The van der Waals surface area contributed by atoms with Crippen molar-refractivity contribution in [3.8, 4) is 5.75 Å². The zero-order valence-corrected chi connectivity index (χ0v) is 14.5. The van der Waals surface area contributed by atoms with E-state index in [0.29, 0.717) is 25.1 Å². The molecule has 0 spiro atoms. The van der Waals surface area contributed by atoms with Gasteiger partial charge in [0.1, 0.15) is 18.1 Å². The Kier molecular flexibility index (Phi) is 6.84. The Bertz CT molecular complexity index is 582. The highest BCUT2D eigenvalue weighted by Crippen LogP contribution is 2.30. The summed E-state index contributed by atoms with van der Waals surface area (Å²) >= 11 is 0. The quantitative estimate of drug-likeness (QED) is 0.436. The molecule has 1 heterocycles. The number of ether oxygens (including phenoxy) is 1. The first-order valence-corrected chi connectivity index (χ1v) is 7.38. The Labute approximate surface area is 142 Å². The van der Waals surface area contributed by atoms with Crippen LogP contribution >= 0.6 is 12.4 Å². The van der Waals surface area contributed by atoms with E-state index in [9.17, 15) is 4.79 Å². The van der Waals surface area contributed by atoms with Gasteiger partial charge in [-0.15, -0.1) is 12.4 Å². The van der Waals surface area contributed by atoms with E-state index in [1.807, 2.05) is 39.0 Å². The molecule has 1 aliphatic rings. The molecule has 6 nitrogen and oxygen atoms in total. The predicted octanol–water partition coefficient (Wildman–Crippen LogP) is 2.59. The number of fused-ring (bicyclic) bond motifs is 1. The highest BCUT2D eigenvalue weighted by Gasteiger charge is 2.19. The first-order chi connectivity index (χ1) is 10.4. The summed E-state index contributed by atoms with van der Waals surface area (Å²) in [6, 6.07) is 5.56. The first-order valence-electron chi connectivity index (χ1n) is 7.38. The standard InChI is InChI=1S/C16H23N3O3.ClH/c1-16(2,3)17-9-11(19-21)10-22-14-6-4-5-13-12(14)7-8-15(20)18-13;/h4-6,17,21H,7-10H2,1-3H3,(H,18,20);1H. The second-order valence-electron chi connectivity index (χ2n) is 6.39. The summed E-state index contributed by atoms with van der Waals surface area (Å²) in [6.45, 7) is 6.77. The number of benzene rings is 1. The Morgan fingerprint density at radius 2 is 2.13 bits per heavy atom. The van der Waals surface area contributed by atoms with Crippen LogP contribution in [-0.2, 0) is 11.2 Å². The van der Waals surface area contributed by atoms with E-state index in [1.165, 1.54) is 0 Å². The SMILES string of the molecule is CC(C)(C)NCC(COc1cccc2c1CCC(=O)N2)=NO.Cl. The molecule has 23 heavy (non-hydrogen) atoms. The third kappa shape index (κ3) is 5.73. The van der Waals surface area contributed by atoms with Crippen LogP contribution in [0.2, 0.25) is 0 Å². The van der Waals surface area contributed by atoms with E-state index >= 15 is 0 Å². The molecule has 2 rings (SSSR count). The number of hydrogen-bond donors (Lipinski definition) is 3. The largest absolute Gasteiger partial charge is 0.487 e. The lowest BCUT2D eigenvalue weighted by Crippen LogP contribution is -2.40. The predicted molar refractivity (Wildman–Crippen MR) is 93.1 cm³/mol. The molecule has 0 fully saturated rings. The number of carbonyl (C=O) groups is 1. The molecule has 0 atom stereocenters. The van der Waals surface area contributed by atoms with Crippen LogP contribution < -0.4 is 15.4 Å². The third-order valence-electron chi connectivity index (χ3n) is 3.37. The van der Waals surface area contributed by atoms with Crippen LogP contribution in [0.5, 0.6) is 5.75 Å². The number of carbonyl (C=O) groups excluding carboxylic acids is 1. The molecule has 3 N–H and O–H groups in total. The summed E-state index contributed by atoms with van der Waals surface area (Å²) in [5, 5.41) is 18.5. The normalized spacial score (nSPS) is 14.6. The molecule has 0 unspecified atom stereocenters. The van der Waals surface area contributed by atoms with Crippen LogP contribution in [0.15, 0.2) is 23.4 Å². The second kappa shape index (κ2) is 8.17. The number of rotatable bonds is 5. The molecule has 0 radical (unpaired) electrons. The van der Waals surface area contributed by atoms with Gasteiger partial charge in [0.25, 0.3) is 0 Å². The number of oxime groups is 1. The van der Waals surface area contributed by atoms with Gasteiger partial charge in [-0.25, -0.2) is 0 Å². The van der Waals surface area contributed by atoms with Crippen molar-refractivity contribution in [3.05, 3.63) is 23.8 Å². The molecular formula is C16H24ClN3O3. The van der Waals surface area contributed by atoms with Crippen LogP contribution in [0.3, 0.4) is 0 Å². The highest BCUT2D eigenvalue weighted by molar-refractivity contribution is 5.94. The molecular weight excluding hydrogens is 318 g/mol. The van der Waals surface area contributed by atoms with Gasteiger partial charge >= 0.3 is 0 Å². The van der Waals surface area contributed by atoms with E-state index < -0.39 is 0 Å². The molecule has 0 saturated carbocycles. The molecule has 0 bridgehead atoms. The highest BCUT2D eigenvalue weighted by atomic mass is 35.5. The maximum absolute atomic E-state index is 11.4. The zero-order valence-electron chi connectivity index (χ0n) is 13.7. The third-order valence-corrected chi connectivity index (χ3v) is 3.37. The van der Waals surface area contributed by atoms with E-state index in [2.05, 4.69) is 15.8 Å². The summed E-state index contributed by atoms with van der Waals surface area (Å²) in [5.74, 6) is 0.742. The minimum Gasteiger partial charge on any atom is -0.487 e. The van der Waals surface area contributed by atoms with Gasteiger partial charge in [-0.3, -0.25) is 4.79 Å². The van der Waals surface area contributed by atoms with Gasteiger partial charge in [0, 0.05) is 29.8 Å². The van der Waals surface area contributed by atoms with Crippen LogP contribution in [0.4, 0.5) is 5.69 Å². The topological polar surface area (TPSA) is 83.0 Å². The maximum Gasteiger partial charge on any atom is 0.224 e. The van der Waals surface area contributed by atoms with Crippen LogP contribution in [0, 0.1) is 0 Å². The lowest BCUT2D eigenvalue weighted by Gasteiger charge is -2.22. The lowest BCUT2D eigenvalue weighted by molar-refractivity contribution is -0.116. The van der Waals surface area contributed by atoms with Crippen LogP contribution in [0.1, 0.15) is 32.8 Å². The monoisotopic (exact) mass is 341 g/mol. The summed E-state index contributed by atoms with van der Waals surface area (Å²) in [7, 11) is 0. The van der Waals surface area contributed by atoms with E-state index in [-0.39, 0.29) is 30.5 Å². The van der Waals surface area contributed by atoms with Gasteiger partial charge in [-0.2, -0.15) is 0 Å². The fraction of sp³-hybridized carbons (Fsp3) is 0.500. The molecule has 1 aliphatic heterocycles. The van der Waals surface area contributed by atoms with Crippen molar-refractivity contribution in [3.63, 3.8) is 0 Å². The fourth-order valence-corrected chi connectivity index (χ4v) is 2.17. The maximum atomic E-state index is 11.4. The fourth-order valence-electron chi connectivity index (χ4n) is 2.17. The van der Waals surface area contributed by atoms with Crippen molar-refractivity contribution < 1.29 is 14.7 Å². The minimum absolute atomic E-state index is 0. The van der Waals surface area contributed by atoms with E-state index in [4.69, 9.17) is 9.94 Å². The van der Waals surface area contributed by atoms with Crippen LogP contribution in [0.25, 0.3) is 0 Å². The summed E-state index contributed by atoms with van der Waals surface area (Å²) in [6.07, 6.45) is 1.11. The van der Waals surface area contributed by atoms with Crippen molar-refractivity contribution in [1.29, 1.82) is 0 Å². The lowest BCUT2D eigenvalue weighted by atomic mass is 10.0. The summed E-state index contributed by atoms with van der Waals surface area (Å²) in [5.41, 5.74) is 2.24. The second-order valence-corrected chi connectivity index (χ2v) is 6.39. The molecule has 1 aromatic rings. The van der Waals surface area contributed by atoms with Crippen molar-refractivity contribution in [2.24, 2.45) is 5.16 Å². The Morgan fingerprint density at radius 3 is 2.78 bits per heavy atom. The zero-order chi connectivity index (χ0) is 16.2. The molecule has 0 saturated heterocycles. The van der Waals surface area contributed by atoms with Gasteiger partial charge in [0.15, 0.2) is 0 Å². The van der Waals surface area contributed by atoms with Gasteiger partial charge in [0.05, 0.1) is 0 Å². The number of hydrogen-bond acceptors (Lipinski definition) is 5. The number of halogens is 1. The van der Waals surface area contributed by atoms with E-state index in [0.717, 1.165) is 17.0 Å². The summed E-state index contributed by atoms with van der Waals surface area (Å²) < 4.78 is 5.78. The van der Waals surface area contributed by atoms with Gasteiger partial charge in [0.2, 0.25) is 5.91 Å². The smallest absolute Gasteiger partial charge is 0.224 e. The molecule has 0 aromatic heterocycles. The van der Waals surface area contributed by atoms with Gasteiger partial charge in [-0.1, -0.05) is 11.2 Å². The average molecular weight is 342 g/mol. The van der Waals surface area contributed by atoms with Crippen molar-refractivity contribution in [2.45, 2.75) is 39.2 Å². The minimum atomic E-state index is -0.0634. The average Bonchev–Trinajstić information content (AvgIpc) is 2.46. The summed E-state index contributed by atoms with van der Waals surface area (Å²) in [4.78, 5) is 11.4. The number of nitrogens with one attached hydrogen (secondary N) is 2. The number of nitrogens with zero attached hydrogens (tertiary/aromatic N) is 1. The molecule has 0 aliphatic carbocycles. The molecule has 7 heteroatoms. The van der Waals surface area contributed by atoms with Crippen molar-refractivity contribution in [1.82, 2.24) is 5.32 Å². The molecule has 1 amide bonds. The Hall–Kier alpha value is -1.79. The first kappa shape index (κ1) is 19.3. The van der Waals surface area contributed by atoms with Crippen molar-refractivity contribution in [2.75, 3.05) is 18.5 Å². The van der Waals surface area contributed by atoms with E-state index in [1.54, 1.807) is 0 Å². The number of amides is 1. The Morgan fingerprint density at radius 1 is 1.39 bits per heavy atom. The molecule has 128 valence electrons. The molecule has 1 aromatic carbocycles.